The maximum Gasteiger partial charge on any atom is 0.271 e. The van der Waals surface area contributed by atoms with Crippen LogP contribution in [0.15, 0.2) is 6.07 Å². The smallest absolute Gasteiger partial charge is 0.271 e. The minimum atomic E-state index is -0.728. The van der Waals surface area contributed by atoms with Crippen molar-refractivity contribution in [3.8, 4) is 17.0 Å². The third-order valence-corrected chi connectivity index (χ3v) is 3.26. The summed E-state index contributed by atoms with van der Waals surface area (Å²) in [6.07, 6.45) is 0. The minimum absolute atomic E-state index is 0.0224. The van der Waals surface area contributed by atoms with Gasteiger partial charge in [0.1, 0.15) is 11.4 Å². The van der Waals surface area contributed by atoms with Crippen LogP contribution in [0.4, 0.5) is 0 Å². The van der Waals surface area contributed by atoms with Crippen molar-refractivity contribution in [1.29, 1.82) is 0 Å². The molecular weight excluding hydrogens is 256 g/mol. The van der Waals surface area contributed by atoms with Crippen LogP contribution in [0.5, 0.6) is 5.75 Å². The summed E-state index contributed by atoms with van der Waals surface area (Å²) in [5.41, 5.74) is 7.06. The molecule has 1 heterocycles. The fourth-order valence-corrected chi connectivity index (χ4v) is 1.96. The number of aromatic amines is 1. The van der Waals surface area contributed by atoms with Crippen LogP contribution in [0, 0.1) is 13.8 Å². The SMILES string of the molecule is Cc1cc(O)c(-c2n[nH]nc2C(N)=O)c(C)c1Cl. The fraction of sp³-hybridized carbons (Fsp3) is 0.182. The number of nitrogens with two attached hydrogens (primary N) is 1. The molecular formula is C11H11ClN4O2. The van der Waals surface area contributed by atoms with Crippen molar-refractivity contribution in [2.75, 3.05) is 0 Å². The Hall–Kier alpha value is -2.08. The summed E-state index contributed by atoms with van der Waals surface area (Å²) in [5.74, 6) is -0.750. The first-order chi connectivity index (χ1) is 8.43. The Morgan fingerprint density at radius 2 is 2.11 bits per heavy atom. The molecule has 0 saturated carbocycles. The van der Waals surface area contributed by atoms with Crippen LogP contribution in [0.1, 0.15) is 21.6 Å². The maximum absolute atomic E-state index is 11.2. The third-order valence-electron chi connectivity index (χ3n) is 2.68. The van der Waals surface area contributed by atoms with E-state index in [1.165, 1.54) is 6.07 Å². The van der Waals surface area contributed by atoms with Gasteiger partial charge in [-0.2, -0.15) is 15.4 Å². The van der Waals surface area contributed by atoms with Gasteiger partial charge in [-0.1, -0.05) is 11.6 Å². The Morgan fingerprint density at radius 3 is 2.72 bits per heavy atom. The van der Waals surface area contributed by atoms with Crippen LogP contribution in [0.25, 0.3) is 11.3 Å². The van der Waals surface area contributed by atoms with Gasteiger partial charge in [-0.3, -0.25) is 4.79 Å². The Kier molecular flexibility index (Phi) is 2.96. The van der Waals surface area contributed by atoms with E-state index in [9.17, 15) is 9.90 Å². The Bertz CT molecular complexity index is 636. The van der Waals surface area contributed by atoms with Crippen LogP contribution in [0.3, 0.4) is 0 Å². The number of halogens is 1. The number of carbonyl (C=O) groups excluding carboxylic acids is 1. The molecule has 0 saturated heterocycles. The molecule has 1 aromatic heterocycles. The van der Waals surface area contributed by atoms with Crippen LogP contribution in [0.2, 0.25) is 5.02 Å². The molecule has 0 unspecified atom stereocenters. The molecule has 0 aliphatic heterocycles. The molecule has 0 spiro atoms. The molecule has 1 amide bonds. The number of aromatic nitrogens is 3. The van der Waals surface area contributed by atoms with Crippen LogP contribution >= 0.6 is 11.6 Å². The standard InChI is InChI=1S/C11H11ClN4O2/c1-4-3-6(17)7(5(2)8(4)12)9-10(11(13)18)15-16-14-9/h3,17H,1-2H3,(H2,13,18)(H,14,15,16). The highest BCUT2D eigenvalue weighted by molar-refractivity contribution is 6.32. The second-order valence-electron chi connectivity index (χ2n) is 3.91. The summed E-state index contributed by atoms with van der Waals surface area (Å²) >= 11 is 6.12. The van der Waals surface area contributed by atoms with E-state index in [1.807, 2.05) is 0 Å². The van der Waals surface area contributed by atoms with Gasteiger partial charge in [0.25, 0.3) is 5.91 Å². The molecule has 7 heteroatoms. The number of phenols is 1. The van der Waals surface area contributed by atoms with Gasteiger partial charge in [-0.15, -0.1) is 0 Å². The van der Waals surface area contributed by atoms with E-state index < -0.39 is 5.91 Å². The number of nitrogens with one attached hydrogen (secondary N) is 1. The van der Waals surface area contributed by atoms with Gasteiger partial charge in [-0.25, -0.2) is 0 Å². The maximum atomic E-state index is 11.2. The summed E-state index contributed by atoms with van der Waals surface area (Å²) in [6.45, 7) is 3.50. The molecule has 0 fully saturated rings. The molecule has 18 heavy (non-hydrogen) atoms. The predicted octanol–water partition coefficient (Wildman–Crippen LogP) is 1.55. The van der Waals surface area contributed by atoms with Gasteiger partial charge in [0, 0.05) is 5.02 Å². The fourth-order valence-electron chi connectivity index (χ4n) is 1.81. The highest BCUT2D eigenvalue weighted by atomic mass is 35.5. The lowest BCUT2D eigenvalue weighted by Crippen LogP contribution is -2.13. The molecule has 94 valence electrons. The second kappa shape index (κ2) is 4.30. The van der Waals surface area contributed by atoms with E-state index in [0.717, 1.165) is 5.56 Å². The van der Waals surface area contributed by atoms with Crippen molar-refractivity contribution in [3.63, 3.8) is 0 Å². The highest BCUT2D eigenvalue weighted by Gasteiger charge is 2.21. The summed E-state index contributed by atoms with van der Waals surface area (Å²) in [4.78, 5) is 11.2. The van der Waals surface area contributed by atoms with E-state index in [2.05, 4.69) is 15.4 Å². The molecule has 2 aromatic rings. The van der Waals surface area contributed by atoms with E-state index in [1.54, 1.807) is 13.8 Å². The van der Waals surface area contributed by atoms with Gasteiger partial charge in [0.2, 0.25) is 0 Å². The summed E-state index contributed by atoms with van der Waals surface area (Å²) in [6, 6.07) is 1.50. The Labute approximate surface area is 108 Å². The van der Waals surface area contributed by atoms with Gasteiger partial charge < -0.3 is 10.8 Å². The molecule has 6 nitrogen and oxygen atoms in total. The number of aromatic hydroxyl groups is 1. The van der Waals surface area contributed by atoms with Crippen molar-refractivity contribution in [2.45, 2.75) is 13.8 Å². The molecule has 0 bridgehead atoms. The lowest BCUT2D eigenvalue weighted by molar-refractivity contribution is 0.0996. The van der Waals surface area contributed by atoms with Gasteiger partial charge in [-0.05, 0) is 31.0 Å². The number of phenolic OH excluding ortho intramolecular Hbond substituents is 1. The van der Waals surface area contributed by atoms with Crippen LogP contribution < -0.4 is 5.73 Å². The van der Waals surface area contributed by atoms with Crippen molar-refractivity contribution < 1.29 is 9.90 Å². The first-order valence-corrected chi connectivity index (χ1v) is 5.51. The van der Waals surface area contributed by atoms with Crippen LogP contribution in [-0.2, 0) is 0 Å². The van der Waals surface area contributed by atoms with E-state index in [-0.39, 0.29) is 17.1 Å². The van der Waals surface area contributed by atoms with Crippen molar-refractivity contribution >= 4 is 17.5 Å². The number of hydrogen-bond acceptors (Lipinski definition) is 4. The zero-order valence-corrected chi connectivity index (χ0v) is 10.5. The summed E-state index contributed by atoms with van der Waals surface area (Å²) in [7, 11) is 0. The summed E-state index contributed by atoms with van der Waals surface area (Å²) < 4.78 is 0. The third kappa shape index (κ3) is 1.80. The van der Waals surface area contributed by atoms with E-state index >= 15 is 0 Å². The molecule has 1 aromatic carbocycles. The number of carbonyl (C=O) groups is 1. The Balaban J connectivity index is 2.75. The Morgan fingerprint density at radius 1 is 1.44 bits per heavy atom. The minimum Gasteiger partial charge on any atom is -0.507 e. The van der Waals surface area contributed by atoms with Gasteiger partial charge in [0.05, 0.1) is 5.56 Å². The second-order valence-corrected chi connectivity index (χ2v) is 4.29. The first-order valence-electron chi connectivity index (χ1n) is 5.13. The van der Waals surface area contributed by atoms with E-state index in [4.69, 9.17) is 17.3 Å². The largest absolute Gasteiger partial charge is 0.507 e. The molecule has 0 aliphatic rings. The van der Waals surface area contributed by atoms with Gasteiger partial charge >= 0.3 is 0 Å². The number of benzene rings is 1. The summed E-state index contributed by atoms with van der Waals surface area (Å²) in [5, 5.41) is 20.3. The number of rotatable bonds is 2. The normalized spacial score (nSPS) is 10.6. The van der Waals surface area contributed by atoms with Crippen molar-refractivity contribution in [1.82, 2.24) is 15.4 Å². The lowest BCUT2D eigenvalue weighted by Gasteiger charge is -2.10. The quantitative estimate of drug-likeness (QED) is 0.767. The number of hydrogen-bond donors (Lipinski definition) is 3. The average molecular weight is 267 g/mol. The lowest BCUT2D eigenvalue weighted by atomic mass is 10.00. The van der Waals surface area contributed by atoms with Gasteiger partial charge in [0.15, 0.2) is 5.69 Å². The zero-order chi connectivity index (χ0) is 13.4. The van der Waals surface area contributed by atoms with Crippen LogP contribution in [-0.4, -0.2) is 26.4 Å². The monoisotopic (exact) mass is 266 g/mol. The molecule has 0 aliphatic carbocycles. The molecule has 4 N–H and O–H groups in total. The first kappa shape index (κ1) is 12.4. The molecule has 0 radical (unpaired) electrons. The number of H-pyrrole nitrogens is 1. The topological polar surface area (TPSA) is 105 Å². The molecule has 2 rings (SSSR count). The van der Waals surface area contributed by atoms with Crippen molar-refractivity contribution in [3.05, 3.63) is 27.9 Å². The van der Waals surface area contributed by atoms with E-state index in [0.29, 0.717) is 16.1 Å². The molecule has 0 atom stereocenters. The average Bonchev–Trinajstić information content (AvgIpc) is 2.75. The highest BCUT2D eigenvalue weighted by Crippen LogP contribution is 2.38. The zero-order valence-electron chi connectivity index (χ0n) is 9.78. The van der Waals surface area contributed by atoms with Crippen molar-refractivity contribution in [2.24, 2.45) is 5.73 Å². The number of amides is 1. The number of aryl methyl sites for hydroxylation is 1. The predicted molar refractivity (Wildman–Crippen MR) is 66.5 cm³/mol. The number of nitrogens with zero attached hydrogens (tertiary/aromatic N) is 2. The number of primary amides is 1.